The van der Waals surface area contributed by atoms with Crippen LogP contribution in [-0.2, 0) is 14.3 Å². The molecule has 0 rings (SSSR count). The Labute approximate surface area is 371 Å². The summed E-state index contributed by atoms with van der Waals surface area (Å²) >= 11 is 0. The van der Waals surface area contributed by atoms with Crippen LogP contribution in [0.15, 0.2) is 60.8 Å². The molecule has 3 unspecified atom stereocenters. The van der Waals surface area contributed by atoms with Gasteiger partial charge in [0.05, 0.1) is 25.2 Å². The van der Waals surface area contributed by atoms with Crippen molar-refractivity contribution in [2.45, 2.75) is 264 Å². The smallest absolute Gasteiger partial charge is 0.306 e. The van der Waals surface area contributed by atoms with E-state index < -0.39 is 18.2 Å². The number of ether oxygens (including phenoxy) is 1. The van der Waals surface area contributed by atoms with Crippen molar-refractivity contribution in [2.75, 3.05) is 6.61 Å². The van der Waals surface area contributed by atoms with Crippen molar-refractivity contribution >= 4 is 11.9 Å². The maximum Gasteiger partial charge on any atom is 0.306 e. The minimum atomic E-state index is -0.794. The first-order valence-electron chi connectivity index (χ1n) is 25.5. The molecule has 0 fully saturated rings. The Morgan fingerprint density at radius 1 is 0.517 bits per heavy atom. The van der Waals surface area contributed by atoms with Crippen molar-refractivity contribution in [3.8, 4) is 0 Å². The predicted molar refractivity (Wildman–Crippen MR) is 259 cm³/mol. The van der Waals surface area contributed by atoms with Crippen LogP contribution in [0.1, 0.15) is 245 Å². The Kier molecular flexibility index (Phi) is 45.7. The third-order valence-electron chi connectivity index (χ3n) is 11.4. The van der Waals surface area contributed by atoms with E-state index in [1.54, 1.807) is 0 Å². The number of rotatable bonds is 45. The third-order valence-corrected chi connectivity index (χ3v) is 11.4. The van der Waals surface area contributed by atoms with Gasteiger partial charge in [-0.3, -0.25) is 9.59 Å². The second-order valence-corrected chi connectivity index (χ2v) is 17.2. The molecular weight excluding hydrogens is 743 g/mol. The van der Waals surface area contributed by atoms with Crippen LogP contribution in [0.25, 0.3) is 0 Å². The van der Waals surface area contributed by atoms with Crippen LogP contribution in [0, 0.1) is 0 Å². The van der Waals surface area contributed by atoms with Gasteiger partial charge in [-0.05, 0) is 70.6 Å². The second kappa shape index (κ2) is 47.6. The summed E-state index contributed by atoms with van der Waals surface area (Å²) in [6.07, 6.45) is 58.5. The lowest BCUT2D eigenvalue weighted by Gasteiger charge is -2.24. The largest absolute Gasteiger partial charge is 0.462 e. The number of unbranched alkanes of at least 4 members (excludes halogenated alkanes) is 25. The van der Waals surface area contributed by atoms with E-state index in [-0.39, 0.29) is 24.9 Å². The van der Waals surface area contributed by atoms with E-state index in [2.05, 4.69) is 86.8 Å². The standard InChI is InChI=1S/C54H97NO5/c1-4-7-10-13-16-19-22-25-27-29-32-35-38-41-44-47-54(59)60-50(45-42-39-36-33-30-24-21-18-15-12-9-6-3)48-53(58)55-51(49-56)52(57)46-43-40-37-34-31-28-26-23-20-17-14-11-8-5-2/h7,9-10,12-13,16,18-19,21-22,50-52,56-57H,4-6,8,11,14-15,17,20,23-49H2,1-3H3,(H,55,58)/b10-7+,12-9+,16-13+,21-18+,22-19+. The number of amides is 1. The molecule has 0 bridgehead atoms. The predicted octanol–water partition coefficient (Wildman–Crippen LogP) is 15.2. The molecule has 0 spiro atoms. The first-order chi connectivity index (χ1) is 29.5. The van der Waals surface area contributed by atoms with Crippen molar-refractivity contribution in [2.24, 2.45) is 0 Å². The number of hydrogen-bond acceptors (Lipinski definition) is 5. The number of nitrogens with one attached hydrogen (secondary N) is 1. The zero-order chi connectivity index (χ0) is 43.8. The first kappa shape index (κ1) is 57.6. The van der Waals surface area contributed by atoms with Gasteiger partial charge in [0.1, 0.15) is 6.10 Å². The molecule has 0 saturated carbocycles. The van der Waals surface area contributed by atoms with Crippen molar-refractivity contribution in [1.29, 1.82) is 0 Å². The molecule has 0 radical (unpaired) electrons. The topological polar surface area (TPSA) is 95.9 Å². The van der Waals surface area contributed by atoms with Gasteiger partial charge >= 0.3 is 5.97 Å². The van der Waals surface area contributed by atoms with Crippen molar-refractivity contribution < 1.29 is 24.5 Å². The summed E-state index contributed by atoms with van der Waals surface area (Å²) in [5.41, 5.74) is 0. The molecule has 6 heteroatoms. The number of carbonyl (C=O) groups excluding carboxylic acids is 2. The summed E-state index contributed by atoms with van der Waals surface area (Å²) in [6.45, 7) is 6.24. The molecule has 60 heavy (non-hydrogen) atoms. The maximum absolute atomic E-state index is 13.2. The molecule has 3 atom stereocenters. The minimum Gasteiger partial charge on any atom is -0.462 e. The van der Waals surface area contributed by atoms with Gasteiger partial charge in [0.25, 0.3) is 0 Å². The Balaban J connectivity index is 4.57. The molecule has 348 valence electrons. The number of allylic oxidation sites excluding steroid dienone is 10. The molecule has 0 aromatic carbocycles. The number of aliphatic hydroxyl groups is 2. The fourth-order valence-electron chi connectivity index (χ4n) is 7.59. The average molecular weight is 840 g/mol. The molecule has 0 aliphatic rings. The van der Waals surface area contributed by atoms with Crippen molar-refractivity contribution in [3.05, 3.63) is 60.8 Å². The maximum atomic E-state index is 13.2. The average Bonchev–Trinajstić information content (AvgIpc) is 3.24. The van der Waals surface area contributed by atoms with E-state index in [1.807, 2.05) is 0 Å². The van der Waals surface area contributed by atoms with Gasteiger partial charge in [0.15, 0.2) is 0 Å². The van der Waals surface area contributed by atoms with E-state index >= 15 is 0 Å². The zero-order valence-corrected chi connectivity index (χ0v) is 39.6. The molecule has 1 amide bonds. The highest BCUT2D eigenvalue weighted by atomic mass is 16.5. The van der Waals surface area contributed by atoms with Gasteiger partial charge in [-0.15, -0.1) is 0 Å². The SMILES string of the molecule is CC/C=C/C=C/C=C/CCCCCCCCCC(=O)OC(CCCCCCC/C=C/C/C=C/CC)CC(=O)NC(CO)C(O)CCCCCCCCCCCCCCCC. The van der Waals surface area contributed by atoms with Crippen LogP contribution in [-0.4, -0.2) is 46.9 Å². The van der Waals surface area contributed by atoms with Gasteiger partial charge in [0.2, 0.25) is 5.91 Å². The zero-order valence-electron chi connectivity index (χ0n) is 39.6. The highest BCUT2D eigenvalue weighted by Crippen LogP contribution is 2.18. The molecule has 0 heterocycles. The van der Waals surface area contributed by atoms with Crippen LogP contribution in [0.5, 0.6) is 0 Å². The molecule has 6 nitrogen and oxygen atoms in total. The van der Waals surface area contributed by atoms with Gasteiger partial charge < -0.3 is 20.3 Å². The van der Waals surface area contributed by atoms with E-state index in [1.165, 1.54) is 109 Å². The summed E-state index contributed by atoms with van der Waals surface area (Å²) in [5, 5.41) is 23.8. The lowest BCUT2D eigenvalue weighted by Crippen LogP contribution is -2.46. The van der Waals surface area contributed by atoms with Gasteiger partial charge in [-0.25, -0.2) is 0 Å². The summed E-state index contributed by atoms with van der Waals surface area (Å²) < 4.78 is 5.92. The Morgan fingerprint density at radius 3 is 1.53 bits per heavy atom. The summed E-state index contributed by atoms with van der Waals surface area (Å²) in [7, 11) is 0. The van der Waals surface area contributed by atoms with Crippen LogP contribution < -0.4 is 5.32 Å². The lowest BCUT2D eigenvalue weighted by molar-refractivity contribution is -0.151. The Hall–Kier alpha value is -2.44. The van der Waals surface area contributed by atoms with E-state index in [9.17, 15) is 19.8 Å². The second-order valence-electron chi connectivity index (χ2n) is 17.2. The summed E-state index contributed by atoms with van der Waals surface area (Å²) in [6, 6.07) is -0.709. The molecule has 0 aromatic rings. The van der Waals surface area contributed by atoms with Crippen LogP contribution >= 0.6 is 0 Å². The first-order valence-corrected chi connectivity index (χ1v) is 25.5. The third kappa shape index (κ3) is 42.3. The number of esters is 1. The Bertz CT molecular complexity index is 1080. The van der Waals surface area contributed by atoms with E-state index in [4.69, 9.17) is 4.74 Å². The fourth-order valence-corrected chi connectivity index (χ4v) is 7.59. The molecule has 0 aliphatic heterocycles. The van der Waals surface area contributed by atoms with Crippen LogP contribution in [0.2, 0.25) is 0 Å². The van der Waals surface area contributed by atoms with E-state index in [0.29, 0.717) is 19.3 Å². The molecule has 0 aliphatic carbocycles. The Morgan fingerprint density at radius 2 is 0.983 bits per heavy atom. The monoisotopic (exact) mass is 840 g/mol. The van der Waals surface area contributed by atoms with Gasteiger partial charge in [-0.2, -0.15) is 0 Å². The van der Waals surface area contributed by atoms with E-state index in [0.717, 1.165) is 89.9 Å². The fraction of sp³-hybridized carbons (Fsp3) is 0.778. The normalized spacial score (nSPS) is 13.8. The molecule has 3 N–H and O–H groups in total. The summed E-state index contributed by atoms with van der Waals surface area (Å²) in [4.78, 5) is 26.1. The molecular formula is C54H97NO5. The molecule has 0 saturated heterocycles. The van der Waals surface area contributed by atoms with Crippen molar-refractivity contribution in [3.63, 3.8) is 0 Å². The van der Waals surface area contributed by atoms with Gasteiger partial charge in [-0.1, -0.05) is 223 Å². The van der Waals surface area contributed by atoms with Crippen molar-refractivity contribution in [1.82, 2.24) is 5.32 Å². The molecule has 0 aromatic heterocycles. The van der Waals surface area contributed by atoms with Gasteiger partial charge in [0, 0.05) is 6.42 Å². The minimum absolute atomic E-state index is 0.0620. The highest BCUT2D eigenvalue weighted by molar-refractivity contribution is 5.77. The number of hydrogen-bond donors (Lipinski definition) is 3. The number of aliphatic hydroxyl groups excluding tert-OH is 2. The number of carbonyl (C=O) groups is 2. The van der Waals surface area contributed by atoms with Crippen LogP contribution in [0.3, 0.4) is 0 Å². The van der Waals surface area contributed by atoms with Crippen LogP contribution in [0.4, 0.5) is 0 Å². The lowest BCUT2D eigenvalue weighted by atomic mass is 10.0. The quantitative estimate of drug-likeness (QED) is 0.0246. The summed E-state index contributed by atoms with van der Waals surface area (Å²) in [5.74, 6) is -0.501. The highest BCUT2D eigenvalue weighted by Gasteiger charge is 2.24.